The predicted octanol–water partition coefficient (Wildman–Crippen LogP) is 20.0. The normalized spacial score (nSPS) is 10.7. The van der Waals surface area contributed by atoms with Gasteiger partial charge in [-0.15, -0.1) is 0 Å². The van der Waals surface area contributed by atoms with Gasteiger partial charge in [-0.2, -0.15) is 0 Å². The molecule has 11 aromatic carbocycles. The van der Waals surface area contributed by atoms with Crippen LogP contribution in [0.3, 0.4) is 0 Å². The lowest BCUT2D eigenvalue weighted by Gasteiger charge is -2.11. The minimum atomic E-state index is -0.140. The molecule has 0 radical (unpaired) electrons. The number of hydrogen-bond donors (Lipinski definition) is 0. The van der Waals surface area contributed by atoms with Gasteiger partial charge in [0.2, 0.25) is 0 Å². The van der Waals surface area contributed by atoms with Gasteiger partial charge in [0.15, 0.2) is 11.6 Å². The Morgan fingerprint density at radius 2 is 0.425 bits per heavy atom. The van der Waals surface area contributed by atoms with Crippen molar-refractivity contribution in [3.05, 3.63) is 298 Å². The molecule has 0 heterocycles. The van der Waals surface area contributed by atoms with E-state index < -0.39 is 0 Å². The zero-order chi connectivity index (χ0) is 54.6. The lowest BCUT2D eigenvalue weighted by molar-refractivity contribution is 0.103. The molecule has 0 amide bonds. The molecule has 0 fully saturated rings. The van der Waals surface area contributed by atoms with Crippen LogP contribution >= 0.6 is 31.9 Å². The number of hydrogen-bond acceptors (Lipinski definition) is 10. The van der Waals surface area contributed by atoms with E-state index >= 15 is 0 Å². The van der Waals surface area contributed by atoms with Crippen molar-refractivity contribution in [2.45, 2.75) is 0 Å². The van der Waals surface area contributed by atoms with E-state index in [0.29, 0.717) is 107 Å². The summed E-state index contributed by atoms with van der Waals surface area (Å²) >= 11 is 6.88. The monoisotopic (exact) mass is 1180 g/mol. The van der Waals surface area contributed by atoms with Crippen molar-refractivity contribution in [1.82, 2.24) is 0 Å². The molecule has 10 nitrogen and oxygen atoms in total. The highest BCUT2D eigenvalue weighted by molar-refractivity contribution is 9.11. The maximum atomic E-state index is 13.3. The number of benzene rings is 11. The molecule has 390 valence electrons. The first-order valence-electron chi connectivity index (χ1n) is 25.1. The summed E-state index contributed by atoms with van der Waals surface area (Å²) in [6.45, 7) is 0. The molecule has 11 aromatic rings. The molecule has 12 heteroatoms. The number of para-hydroxylation sites is 1. The van der Waals surface area contributed by atoms with Crippen LogP contribution in [0.15, 0.2) is 276 Å². The molecule has 0 aromatic heterocycles. The van der Waals surface area contributed by atoms with Gasteiger partial charge in [0, 0.05) is 31.2 Å². The van der Waals surface area contributed by atoms with Crippen molar-refractivity contribution in [3.63, 3.8) is 0 Å². The second kappa shape index (κ2) is 24.6. The van der Waals surface area contributed by atoms with E-state index in [-0.39, 0.29) is 11.6 Å². The highest BCUT2D eigenvalue weighted by atomic mass is 79.9. The van der Waals surface area contributed by atoms with Crippen LogP contribution in [0.1, 0.15) is 31.8 Å². The average Bonchev–Trinajstić information content (AvgIpc) is 3.50. The molecule has 80 heavy (non-hydrogen) atoms. The van der Waals surface area contributed by atoms with Gasteiger partial charge in [-0.05, 0) is 249 Å². The predicted molar refractivity (Wildman–Crippen MR) is 314 cm³/mol. The van der Waals surface area contributed by atoms with Crippen molar-refractivity contribution >= 4 is 43.4 Å². The smallest absolute Gasteiger partial charge is 0.194 e. The van der Waals surface area contributed by atoms with Gasteiger partial charge < -0.3 is 37.9 Å². The highest BCUT2D eigenvalue weighted by Crippen LogP contribution is 2.35. The molecule has 0 bridgehead atoms. The second-order valence-corrected chi connectivity index (χ2v) is 19.6. The fourth-order valence-electron chi connectivity index (χ4n) is 8.05. The van der Waals surface area contributed by atoms with E-state index in [0.717, 1.165) is 16.0 Å². The number of halogens is 2. The van der Waals surface area contributed by atoms with Crippen LogP contribution < -0.4 is 37.9 Å². The summed E-state index contributed by atoms with van der Waals surface area (Å²) in [5.41, 5.74) is 2.11. The third kappa shape index (κ3) is 13.8. The first kappa shape index (κ1) is 52.2. The average molecular weight is 1180 g/mol. The minimum Gasteiger partial charge on any atom is -0.457 e. The minimum absolute atomic E-state index is 0.109. The zero-order valence-corrected chi connectivity index (χ0v) is 45.4. The Kier molecular flexibility index (Phi) is 16.1. The van der Waals surface area contributed by atoms with E-state index in [1.165, 1.54) is 0 Å². The third-order valence-electron chi connectivity index (χ3n) is 12.1. The summed E-state index contributed by atoms with van der Waals surface area (Å²) in [4.78, 5) is 26.4. The molecule has 11 rings (SSSR count). The Morgan fingerprint density at radius 3 is 0.662 bits per heavy atom. The van der Waals surface area contributed by atoms with Crippen molar-refractivity contribution in [2.75, 3.05) is 0 Å². The van der Waals surface area contributed by atoms with Crippen LogP contribution in [-0.4, -0.2) is 11.6 Å². The molecule has 0 N–H and O–H groups in total. The maximum absolute atomic E-state index is 13.3. The summed E-state index contributed by atoms with van der Waals surface area (Å²) in [5, 5.41) is 0. The van der Waals surface area contributed by atoms with Crippen LogP contribution in [0.5, 0.6) is 92.0 Å². The molecule has 0 saturated carbocycles. The van der Waals surface area contributed by atoms with Gasteiger partial charge in [0.25, 0.3) is 0 Å². The van der Waals surface area contributed by atoms with E-state index in [9.17, 15) is 9.59 Å². The molecule has 0 spiro atoms. The van der Waals surface area contributed by atoms with Crippen molar-refractivity contribution < 1.29 is 47.5 Å². The highest BCUT2D eigenvalue weighted by Gasteiger charge is 2.15. The van der Waals surface area contributed by atoms with Gasteiger partial charge in [0.1, 0.15) is 92.0 Å². The van der Waals surface area contributed by atoms with E-state index in [1.54, 1.807) is 78.9 Å². The molecule has 0 atom stereocenters. The lowest BCUT2D eigenvalue weighted by atomic mass is 10.0. The van der Waals surface area contributed by atoms with Crippen molar-refractivity contribution in [3.8, 4) is 92.0 Å². The molecule has 0 aliphatic heterocycles. The van der Waals surface area contributed by atoms with Crippen LogP contribution in [0.25, 0.3) is 0 Å². The molecule has 0 saturated heterocycles. The summed E-state index contributed by atoms with van der Waals surface area (Å²) in [6.07, 6.45) is 0. The van der Waals surface area contributed by atoms with Crippen molar-refractivity contribution in [1.29, 1.82) is 0 Å². The molecule has 0 unspecified atom stereocenters. The van der Waals surface area contributed by atoms with Crippen LogP contribution in [0.4, 0.5) is 0 Å². The van der Waals surface area contributed by atoms with E-state index in [4.69, 9.17) is 37.9 Å². The van der Waals surface area contributed by atoms with Crippen LogP contribution in [-0.2, 0) is 0 Å². The number of rotatable bonds is 20. The zero-order valence-electron chi connectivity index (χ0n) is 42.2. The fraction of sp³-hybridized carbons (Fsp3) is 0. The molecular weight excluding hydrogens is 1140 g/mol. The van der Waals surface area contributed by atoms with E-state index in [2.05, 4.69) is 31.9 Å². The summed E-state index contributed by atoms with van der Waals surface area (Å²) in [5.74, 6) is 10.1. The number of carbonyl (C=O) groups is 2. The molecular formula is C68H44Br2O10. The van der Waals surface area contributed by atoms with E-state index in [1.807, 2.05) is 188 Å². The summed E-state index contributed by atoms with van der Waals surface area (Å²) in [7, 11) is 0. The molecule has 0 aliphatic rings. The lowest BCUT2D eigenvalue weighted by Crippen LogP contribution is -2.02. The molecule has 0 aliphatic carbocycles. The van der Waals surface area contributed by atoms with Gasteiger partial charge in [-0.25, -0.2) is 0 Å². The summed E-state index contributed by atoms with van der Waals surface area (Å²) < 4.78 is 49.8. The SMILES string of the molecule is O=C(c1ccc(Oc2ccc(Oc3ccc(Oc4ccc(Oc5ccc(Oc6ccc(Oc7ccc(Oc8ccccc8)cc7)cc6)cc5)cc4)cc3)cc2)cc1)c1ccc(Oc2ccc(C(=O)c3cc(Br)ccc3Br)cc2)cc1. The van der Waals surface area contributed by atoms with Crippen LogP contribution in [0.2, 0.25) is 0 Å². The topological polar surface area (TPSA) is 108 Å². The number of ether oxygens (including phenoxy) is 8. The largest absolute Gasteiger partial charge is 0.457 e. The van der Waals surface area contributed by atoms with Gasteiger partial charge in [-0.1, -0.05) is 50.1 Å². The quantitative estimate of drug-likeness (QED) is 0.0685. The second-order valence-electron chi connectivity index (χ2n) is 17.8. The first-order valence-corrected chi connectivity index (χ1v) is 26.7. The standard InChI is InChI=1S/C68H44Br2O10/c69-48-12-43-66(70)65(44-48)68(72)47-10-17-52(18-11-47)74-50-13-6-45(7-14-50)67(71)46-8-15-51(16-9-46)75-54-23-25-56(26-24-54)77-58-31-33-60(34-32-58)79-62-39-41-64(42-40-62)80-63-37-35-61(36-38-63)78-59-29-27-57(28-30-59)76-55-21-19-53(20-22-55)73-49-4-2-1-3-5-49/h1-44H. The Balaban J connectivity index is 0.597. The summed E-state index contributed by atoms with van der Waals surface area (Å²) in [6, 6.07) is 80.2. The van der Waals surface area contributed by atoms with Crippen molar-refractivity contribution in [2.24, 2.45) is 0 Å². The number of carbonyl (C=O) groups excluding carboxylic acids is 2. The Labute approximate surface area is 478 Å². The Bertz CT molecular complexity index is 3860. The third-order valence-corrected chi connectivity index (χ3v) is 13.3. The van der Waals surface area contributed by atoms with Gasteiger partial charge >= 0.3 is 0 Å². The van der Waals surface area contributed by atoms with Gasteiger partial charge in [-0.3, -0.25) is 9.59 Å². The van der Waals surface area contributed by atoms with Crippen LogP contribution in [0, 0.1) is 0 Å². The number of ketones is 2. The Hall–Kier alpha value is -9.88. The van der Waals surface area contributed by atoms with Gasteiger partial charge in [0.05, 0.1) is 0 Å². The first-order chi connectivity index (χ1) is 39.2. The maximum Gasteiger partial charge on any atom is 0.194 e. The fourth-order valence-corrected chi connectivity index (χ4v) is 8.84. The Morgan fingerprint density at radius 1 is 0.225 bits per heavy atom.